The molecular weight excluding hydrogens is 355 g/mol. The summed E-state index contributed by atoms with van der Waals surface area (Å²) in [5.74, 6) is -0.678. The summed E-state index contributed by atoms with van der Waals surface area (Å²) in [5, 5.41) is 2.63. The molecule has 6 nitrogen and oxygen atoms in total. The number of thiazole rings is 1. The monoisotopic (exact) mass is 376 g/mol. The van der Waals surface area contributed by atoms with Crippen molar-refractivity contribution >= 4 is 28.7 Å². The van der Waals surface area contributed by atoms with Gasteiger partial charge in [0, 0.05) is 43.5 Å². The summed E-state index contributed by atoms with van der Waals surface area (Å²) in [5.41, 5.74) is 6.78. The van der Waals surface area contributed by atoms with Crippen LogP contribution in [0.3, 0.4) is 0 Å². The zero-order valence-electron chi connectivity index (χ0n) is 14.6. The topological polar surface area (TPSA) is 79.5 Å². The molecule has 0 aliphatic carbocycles. The molecule has 0 radical (unpaired) electrons. The van der Waals surface area contributed by atoms with Crippen molar-refractivity contribution in [2.45, 2.75) is 13.3 Å². The number of hydrogen-bond donors (Lipinski definition) is 1. The van der Waals surface area contributed by atoms with Gasteiger partial charge in [0.15, 0.2) is 5.78 Å². The van der Waals surface area contributed by atoms with E-state index in [1.54, 1.807) is 22.4 Å². The molecule has 0 unspecified atom stereocenters. The van der Waals surface area contributed by atoms with Gasteiger partial charge in [0.05, 0.1) is 10.7 Å². The van der Waals surface area contributed by atoms with E-state index in [9.17, 15) is 14.0 Å². The van der Waals surface area contributed by atoms with E-state index < -0.39 is 5.82 Å². The zero-order chi connectivity index (χ0) is 18.7. The van der Waals surface area contributed by atoms with Crippen molar-refractivity contribution in [3.8, 4) is 0 Å². The molecule has 8 heteroatoms. The molecule has 3 rings (SSSR count). The van der Waals surface area contributed by atoms with Crippen molar-refractivity contribution in [2.24, 2.45) is 5.73 Å². The van der Waals surface area contributed by atoms with Crippen LogP contribution in [-0.4, -0.2) is 54.3 Å². The van der Waals surface area contributed by atoms with Gasteiger partial charge in [0.25, 0.3) is 5.91 Å². The number of ketones is 1. The Morgan fingerprint density at radius 2 is 2.00 bits per heavy atom. The van der Waals surface area contributed by atoms with Crippen molar-refractivity contribution in [1.82, 2.24) is 9.88 Å². The third-order valence-corrected chi connectivity index (χ3v) is 5.30. The number of rotatable bonds is 5. The summed E-state index contributed by atoms with van der Waals surface area (Å²) in [6.07, 6.45) is 0.668. The van der Waals surface area contributed by atoms with Crippen LogP contribution >= 0.6 is 11.3 Å². The maximum absolute atomic E-state index is 14.3. The first-order chi connectivity index (χ1) is 12.5. The Labute approximate surface area is 155 Å². The number of carbonyl (C=O) groups is 2. The van der Waals surface area contributed by atoms with Crippen molar-refractivity contribution in [3.63, 3.8) is 0 Å². The van der Waals surface area contributed by atoms with E-state index in [4.69, 9.17) is 5.73 Å². The number of hydrogen-bond acceptors (Lipinski definition) is 6. The molecule has 2 heterocycles. The third-order valence-electron chi connectivity index (χ3n) is 4.39. The molecule has 0 spiro atoms. The second kappa shape index (κ2) is 7.92. The van der Waals surface area contributed by atoms with Gasteiger partial charge >= 0.3 is 0 Å². The first kappa shape index (κ1) is 18.5. The van der Waals surface area contributed by atoms with Gasteiger partial charge in [-0.25, -0.2) is 9.37 Å². The van der Waals surface area contributed by atoms with Gasteiger partial charge in [-0.2, -0.15) is 0 Å². The number of piperazine rings is 1. The van der Waals surface area contributed by atoms with E-state index >= 15 is 0 Å². The summed E-state index contributed by atoms with van der Waals surface area (Å²) in [6.45, 7) is 3.97. The van der Waals surface area contributed by atoms with Gasteiger partial charge in [-0.05, 0) is 31.7 Å². The average molecular weight is 376 g/mol. The van der Waals surface area contributed by atoms with E-state index in [-0.39, 0.29) is 11.7 Å². The second-order valence-corrected chi connectivity index (χ2v) is 7.11. The maximum Gasteiger partial charge on any atom is 0.273 e. The minimum atomic E-state index is -0.414. The molecule has 2 N–H and O–H groups in total. The second-order valence-electron chi connectivity index (χ2n) is 6.17. The predicted octanol–water partition coefficient (Wildman–Crippen LogP) is 1.95. The predicted molar refractivity (Wildman–Crippen MR) is 99.4 cm³/mol. The minimum absolute atomic E-state index is 0.100. The number of aromatic nitrogens is 1. The molecule has 1 aliphatic heterocycles. The molecule has 0 bridgehead atoms. The molecule has 1 amide bonds. The fraction of sp³-hybridized carbons (Fsp3) is 0.389. The Morgan fingerprint density at radius 3 is 2.62 bits per heavy atom. The van der Waals surface area contributed by atoms with Gasteiger partial charge in [-0.1, -0.05) is 0 Å². The first-order valence-corrected chi connectivity index (χ1v) is 9.36. The van der Waals surface area contributed by atoms with Crippen LogP contribution in [0.5, 0.6) is 0 Å². The highest BCUT2D eigenvalue weighted by atomic mass is 32.1. The largest absolute Gasteiger partial charge is 0.366 e. The van der Waals surface area contributed by atoms with Crippen LogP contribution in [0.2, 0.25) is 0 Å². The Kier molecular flexibility index (Phi) is 5.63. The number of carbonyl (C=O) groups excluding carboxylic acids is 2. The average Bonchev–Trinajstić information content (AvgIpc) is 3.10. The normalized spacial score (nSPS) is 14.6. The van der Waals surface area contributed by atoms with Gasteiger partial charge < -0.3 is 15.5 Å². The van der Waals surface area contributed by atoms with Crippen LogP contribution < -0.4 is 10.6 Å². The molecule has 0 saturated carbocycles. The molecule has 1 saturated heterocycles. The van der Waals surface area contributed by atoms with Gasteiger partial charge in [0.2, 0.25) is 0 Å². The molecule has 1 aliphatic rings. The SMILES string of the molecule is CC(=O)c1ccc(N2CCN(C(=O)c3csc(CCN)n3)CC2)c(F)c1. The molecule has 2 aromatic rings. The molecule has 0 atom stereocenters. The lowest BCUT2D eigenvalue weighted by molar-refractivity contribution is 0.0741. The number of nitrogens with two attached hydrogens (primary N) is 1. The minimum Gasteiger partial charge on any atom is -0.366 e. The molecule has 138 valence electrons. The van der Waals surface area contributed by atoms with Crippen molar-refractivity contribution in [3.05, 3.63) is 45.7 Å². The quantitative estimate of drug-likeness (QED) is 0.807. The van der Waals surface area contributed by atoms with Crippen molar-refractivity contribution in [2.75, 3.05) is 37.6 Å². The highest BCUT2D eigenvalue weighted by Crippen LogP contribution is 2.23. The summed E-state index contributed by atoms with van der Waals surface area (Å²) in [7, 11) is 0. The number of benzene rings is 1. The lowest BCUT2D eigenvalue weighted by Crippen LogP contribution is -2.49. The Hall–Kier alpha value is -2.32. The van der Waals surface area contributed by atoms with E-state index in [1.165, 1.54) is 24.3 Å². The highest BCUT2D eigenvalue weighted by Gasteiger charge is 2.25. The first-order valence-electron chi connectivity index (χ1n) is 8.48. The summed E-state index contributed by atoms with van der Waals surface area (Å²) in [6, 6.07) is 4.53. The van der Waals surface area contributed by atoms with Gasteiger partial charge in [0.1, 0.15) is 11.5 Å². The van der Waals surface area contributed by atoms with Crippen LogP contribution in [0.1, 0.15) is 32.8 Å². The fourth-order valence-corrected chi connectivity index (χ4v) is 3.73. The van der Waals surface area contributed by atoms with E-state index in [2.05, 4.69) is 4.98 Å². The number of amides is 1. The molecule has 1 aromatic carbocycles. The van der Waals surface area contributed by atoms with Crippen LogP contribution in [-0.2, 0) is 6.42 Å². The summed E-state index contributed by atoms with van der Waals surface area (Å²) >= 11 is 1.44. The number of anilines is 1. The number of nitrogens with zero attached hydrogens (tertiary/aromatic N) is 3. The molecular formula is C18H21FN4O2S. The summed E-state index contributed by atoms with van der Waals surface area (Å²) < 4.78 is 14.3. The van der Waals surface area contributed by atoms with Crippen molar-refractivity contribution in [1.29, 1.82) is 0 Å². The maximum atomic E-state index is 14.3. The van der Waals surface area contributed by atoms with Crippen LogP contribution in [0.4, 0.5) is 10.1 Å². The smallest absolute Gasteiger partial charge is 0.273 e. The Balaban J connectivity index is 1.63. The van der Waals surface area contributed by atoms with Gasteiger partial charge in [-0.3, -0.25) is 9.59 Å². The molecule has 1 aromatic heterocycles. The summed E-state index contributed by atoms with van der Waals surface area (Å²) in [4.78, 5) is 31.9. The van der Waals surface area contributed by atoms with E-state index in [1.807, 2.05) is 4.90 Å². The van der Waals surface area contributed by atoms with Gasteiger partial charge in [-0.15, -0.1) is 11.3 Å². The van der Waals surface area contributed by atoms with E-state index in [0.29, 0.717) is 56.1 Å². The van der Waals surface area contributed by atoms with Crippen molar-refractivity contribution < 1.29 is 14.0 Å². The van der Waals surface area contributed by atoms with E-state index in [0.717, 1.165) is 5.01 Å². The molecule has 26 heavy (non-hydrogen) atoms. The molecule has 1 fully saturated rings. The standard InChI is InChI=1S/C18H21FN4O2S/c1-12(24)13-2-3-16(14(19)10-13)22-6-8-23(9-7-22)18(25)15-11-26-17(21-15)4-5-20/h2-3,10-11H,4-9,20H2,1H3. The lowest BCUT2D eigenvalue weighted by atomic mass is 10.1. The Morgan fingerprint density at radius 1 is 1.27 bits per heavy atom. The van der Waals surface area contributed by atoms with Crippen LogP contribution in [0.25, 0.3) is 0 Å². The lowest BCUT2D eigenvalue weighted by Gasteiger charge is -2.36. The Bertz CT molecular complexity index is 815. The van der Waals surface area contributed by atoms with Crippen LogP contribution in [0.15, 0.2) is 23.6 Å². The number of Topliss-reactive ketones (excluding diaryl/α,β-unsaturated/α-hetero) is 1. The number of halogens is 1. The van der Waals surface area contributed by atoms with Crippen LogP contribution in [0, 0.1) is 5.82 Å². The highest BCUT2D eigenvalue weighted by molar-refractivity contribution is 7.09. The zero-order valence-corrected chi connectivity index (χ0v) is 15.4. The third kappa shape index (κ3) is 3.91. The fourth-order valence-electron chi connectivity index (χ4n) is 2.94.